The Kier molecular flexibility index (Phi) is 5.23. The standard InChI is InChI=1S/C17H20Cl2N2O5/c18-11-2-1-10(7-12(11)19)26-9-14(23)20-17-5-3-16(4-6-17,8-13(17)22)21-15(24)25/h1-2,7,13,21-22H,3-6,8-9H2,(H,20,23)(H,24,25)/t13-,16?,17?/m0/s1. The fraction of sp³-hybridized carbons (Fsp3) is 0.529. The van der Waals surface area contributed by atoms with E-state index >= 15 is 0 Å². The number of aliphatic hydroxyl groups excluding tert-OH is 1. The van der Waals surface area contributed by atoms with Crippen molar-refractivity contribution in [1.82, 2.24) is 10.6 Å². The third kappa shape index (κ3) is 3.84. The number of amides is 2. The van der Waals surface area contributed by atoms with E-state index in [9.17, 15) is 14.7 Å². The summed E-state index contributed by atoms with van der Waals surface area (Å²) in [5.74, 6) is 0.0697. The number of benzene rings is 1. The van der Waals surface area contributed by atoms with Crippen LogP contribution in [0.4, 0.5) is 4.79 Å². The summed E-state index contributed by atoms with van der Waals surface area (Å²) >= 11 is 11.7. The van der Waals surface area contributed by atoms with Crippen LogP contribution in [0, 0.1) is 0 Å². The quantitative estimate of drug-likeness (QED) is 0.605. The fourth-order valence-electron chi connectivity index (χ4n) is 3.92. The average Bonchev–Trinajstić information content (AvgIpc) is 2.57. The number of ether oxygens (including phenoxy) is 1. The molecule has 3 saturated carbocycles. The Bertz CT molecular complexity index is 719. The SMILES string of the molecule is O=C(O)NC12CCC(NC(=O)COc3ccc(Cl)c(Cl)c3)(CC1)[C@@H](O)C2. The molecule has 0 saturated heterocycles. The molecule has 7 nitrogen and oxygen atoms in total. The minimum Gasteiger partial charge on any atom is -0.484 e. The Hall–Kier alpha value is -1.70. The van der Waals surface area contributed by atoms with E-state index in [1.165, 1.54) is 6.07 Å². The number of carbonyl (C=O) groups excluding carboxylic acids is 1. The van der Waals surface area contributed by atoms with Crippen LogP contribution in [0.3, 0.4) is 0 Å². The van der Waals surface area contributed by atoms with Crippen LogP contribution < -0.4 is 15.4 Å². The molecule has 142 valence electrons. The predicted octanol–water partition coefficient (Wildman–Crippen LogP) is 2.57. The molecule has 3 fully saturated rings. The maximum absolute atomic E-state index is 12.3. The van der Waals surface area contributed by atoms with Gasteiger partial charge in [0.1, 0.15) is 5.75 Å². The van der Waals surface area contributed by atoms with E-state index in [2.05, 4.69) is 10.6 Å². The first-order chi connectivity index (χ1) is 12.2. The van der Waals surface area contributed by atoms with Gasteiger partial charge in [-0.25, -0.2) is 4.79 Å². The topological polar surface area (TPSA) is 108 Å². The first-order valence-electron chi connectivity index (χ1n) is 8.32. The molecule has 0 spiro atoms. The molecule has 0 heterocycles. The lowest BCUT2D eigenvalue weighted by Gasteiger charge is -2.55. The minimum atomic E-state index is -1.09. The second-order valence-electron chi connectivity index (χ2n) is 7.00. The van der Waals surface area contributed by atoms with E-state index in [-0.39, 0.29) is 18.9 Å². The summed E-state index contributed by atoms with van der Waals surface area (Å²) in [4.78, 5) is 23.3. The number of nitrogens with one attached hydrogen (secondary N) is 2. The van der Waals surface area contributed by atoms with Crippen molar-refractivity contribution in [3.63, 3.8) is 0 Å². The van der Waals surface area contributed by atoms with Gasteiger partial charge in [-0.05, 0) is 44.2 Å². The summed E-state index contributed by atoms with van der Waals surface area (Å²) in [7, 11) is 0. The zero-order chi connectivity index (χ0) is 18.9. The van der Waals surface area contributed by atoms with Crippen LogP contribution >= 0.6 is 23.2 Å². The lowest BCUT2D eigenvalue weighted by atomic mass is 9.60. The van der Waals surface area contributed by atoms with E-state index in [0.717, 1.165) is 0 Å². The molecule has 9 heteroatoms. The molecule has 1 aromatic rings. The number of carbonyl (C=O) groups is 2. The highest BCUT2D eigenvalue weighted by Gasteiger charge is 2.55. The van der Waals surface area contributed by atoms with Crippen molar-refractivity contribution in [3.05, 3.63) is 28.2 Å². The molecule has 1 aromatic carbocycles. The molecule has 4 N–H and O–H groups in total. The molecule has 3 aliphatic rings. The van der Waals surface area contributed by atoms with Crippen molar-refractivity contribution in [1.29, 1.82) is 0 Å². The normalized spacial score (nSPS) is 29.9. The molecule has 0 radical (unpaired) electrons. The Balaban J connectivity index is 1.58. The van der Waals surface area contributed by atoms with Crippen molar-refractivity contribution in [2.24, 2.45) is 0 Å². The van der Waals surface area contributed by atoms with Gasteiger partial charge < -0.3 is 25.6 Å². The lowest BCUT2D eigenvalue weighted by Crippen LogP contribution is -2.70. The predicted molar refractivity (Wildman–Crippen MR) is 95.8 cm³/mol. The number of fused-ring (bicyclic) bond motifs is 3. The van der Waals surface area contributed by atoms with E-state index in [0.29, 0.717) is 41.5 Å². The van der Waals surface area contributed by atoms with Gasteiger partial charge in [-0.3, -0.25) is 4.79 Å². The smallest absolute Gasteiger partial charge is 0.405 e. The van der Waals surface area contributed by atoms with E-state index in [1.54, 1.807) is 12.1 Å². The summed E-state index contributed by atoms with van der Waals surface area (Å²) in [6.45, 7) is -0.217. The number of hydrogen-bond acceptors (Lipinski definition) is 4. The zero-order valence-corrected chi connectivity index (χ0v) is 15.4. The van der Waals surface area contributed by atoms with E-state index in [4.69, 9.17) is 33.0 Å². The monoisotopic (exact) mass is 402 g/mol. The summed E-state index contributed by atoms with van der Waals surface area (Å²) in [5.41, 5.74) is -1.34. The number of carboxylic acid groups (broad SMARTS) is 1. The van der Waals surface area contributed by atoms with Gasteiger partial charge in [0.15, 0.2) is 6.61 Å². The number of aliphatic hydroxyl groups is 1. The summed E-state index contributed by atoms with van der Waals surface area (Å²) in [5, 5.41) is 25.7. The molecular weight excluding hydrogens is 383 g/mol. The molecule has 0 unspecified atom stereocenters. The lowest BCUT2D eigenvalue weighted by molar-refractivity contribution is -0.132. The largest absolute Gasteiger partial charge is 0.484 e. The first-order valence-corrected chi connectivity index (χ1v) is 9.07. The molecule has 2 amide bonds. The Labute approximate surface area is 160 Å². The molecule has 0 aromatic heterocycles. The molecule has 26 heavy (non-hydrogen) atoms. The first kappa shape index (κ1) is 19.1. The van der Waals surface area contributed by atoms with Crippen molar-refractivity contribution in [2.45, 2.75) is 49.3 Å². The van der Waals surface area contributed by atoms with Gasteiger partial charge in [0.2, 0.25) is 0 Å². The van der Waals surface area contributed by atoms with Crippen molar-refractivity contribution in [3.8, 4) is 5.75 Å². The van der Waals surface area contributed by atoms with E-state index < -0.39 is 23.3 Å². The second kappa shape index (κ2) is 7.13. The van der Waals surface area contributed by atoms with Gasteiger partial charge in [0.25, 0.3) is 5.91 Å². The van der Waals surface area contributed by atoms with Crippen LogP contribution in [0.1, 0.15) is 32.1 Å². The highest BCUT2D eigenvalue weighted by molar-refractivity contribution is 6.42. The van der Waals surface area contributed by atoms with Gasteiger partial charge in [0.05, 0.1) is 21.7 Å². The van der Waals surface area contributed by atoms with Crippen LogP contribution in [0.5, 0.6) is 5.75 Å². The number of rotatable bonds is 5. The van der Waals surface area contributed by atoms with Crippen LogP contribution in [0.2, 0.25) is 10.0 Å². The molecular formula is C17H20Cl2N2O5. The Morgan fingerprint density at radius 2 is 1.85 bits per heavy atom. The van der Waals surface area contributed by atoms with Gasteiger partial charge in [-0.2, -0.15) is 0 Å². The highest BCUT2D eigenvalue weighted by atomic mass is 35.5. The van der Waals surface area contributed by atoms with Crippen LogP contribution in [0.15, 0.2) is 18.2 Å². The zero-order valence-electron chi connectivity index (χ0n) is 13.9. The van der Waals surface area contributed by atoms with Crippen LogP contribution in [-0.2, 0) is 4.79 Å². The van der Waals surface area contributed by atoms with Gasteiger partial charge in [-0.1, -0.05) is 23.2 Å². The van der Waals surface area contributed by atoms with Crippen molar-refractivity contribution in [2.75, 3.05) is 6.61 Å². The maximum Gasteiger partial charge on any atom is 0.405 e. The van der Waals surface area contributed by atoms with Gasteiger partial charge in [0, 0.05) is 11.6 Å². The third-order valence-corrected chi connectivity index (χ3v) is 6.08. The summed E-state index contributed by atoms with van der Waals surface area (Å²) in [6, 6.07) is 4.72. The Morgan fingerprint density at radius 1 is 1.15 bits per heavy atom. The highest BCUT2D eigenvalue weighted by Crippen LogP contribution is 2.47. The van der Waals surface area contributed by atoms with Crippen LogP contribution in [-0.4, -0.2) is 46.0 Å². The van der Waals surface area contributed by atoms with Gasteiger partial charge in [-0.15, -0.1) is 0 Å². The summed E-state index contributed by atoms with van der Waals surface area (Å²) in [6.07, 6.45) is 0.540. The summed E-state index contributed by atoms with van der Waals surface area (Å²) < 4.78 is 5.43. The second-order valence-corrected chi connectivity index (χ2v) is 7.81. The van der Waals surface area contributed by atoms with E-state index in [1.807, 2.05) is 0 Å². The maximum atomic E-state index is 12.3. The van der Waals surface area contributed by atoms with Crippen molar-refractivity contribution < 1.29 is 24.5 Å². The molecule has 0 aliphatic heterocycles. The minimum absolute atomic E-state index is 0.217. The number of halogens is 2. The average molecular weight is 403 g/mol. The number of hydrogen-bond donors (Lipinski definition) is 4. The Morgan fingerprint density at radius 3 is 2.42 bits per heavy atom. The molecule has 1 atom stereocenters. The molecule has 2 bridgehead atoms. The fourth-order valence-corrected chi connectivity index (χ4v) is 4.21. The van der Waals surface area contributed by atoms with Crippen LogP contribution in [0.25, 0.3) is 0 Å². The molecule has 4 rings (SSSR count). The van der Waals surface area contributed by atoms with Crippen molar-refractivity contribution >= 4 is 35.2 Å². The molecule has 3 aliphatic carbocycles. The third-order valence-electron chi connectivity index (χ3n) is 5.34. The van der Waals surface area contributed by atoms with Gasteiger partial charge >= 0.3 is 6.09 Å².